The van der Waals surface area contributed by atoms with Gasteiger partial charge in [0.25, 0.3) is 11.5 Å². The summed E-state index contributed by atoms with van der Waals surface area (Å²) in [7, 11) is 1.92. The number of para-hydroxylation sites is 1. The lowest BCUT2D eigenvalue weighted by Crippen LogP contribution is -2.49. The topological polar surface area (TPSA) is 100 Å². The molecule has 1 fully saturated rings. The van der Waals surface area contributed by atoms with Gasteiger partial charge in [-0.3, -0.25) is 9.59 Å². The van der Waals surface area contributed by atoms with Crippen molar-refractivity contribution >= 4 is 22.5 Å². The summed E-state index contributed by atoms with van der Waals surface area (Å²) in [6.45, 7) is 1.87. The molecule has 0 saturated carbocycles. The normalized spacial score (nSPS) is 17.5. The van der Waals surface area contributed by atoms with Gasteiger partial charge in [-0.2, -0.15) is 5.10 Å². The molecule has 1 atom stereocenters. The van der Waals surface area contributed by atoms with Gasteiger partial charge in [0.2, 0.25) is 0 Å². The lowest BCUT2D eigenvalue weighted by Gasteiger charge is -2.35. The molecule has 4 aromatic rings. The zero-order valence-electron chi connectivity index (χ0n) is 15.3. The summed E-state index contributed by atoms with van der Waals surface area (Å²) in [5.41, 5.74) is 1.22. The molecule has 9 nitrogen and oxygen atoms in total. The van der Waals surface area contributed by atoms with Gasteiger partial charge in [0.1, 0.15) is 23.1 Å². The number of hydrogen-bond acceptors (Lipinski definition) is 5. The van der Waals surface area contributed by atoms with Crippen LogP contribution in [0.4, 0.5) is 0 Å². The Bertz CT molecular complexity index is 1250. The quantitative estimate of drug-likeness (QED) is 0.536. The molecule has 0 spiro atoms. The molecule has 1 amide bonds. The first kappa shape index (κ1) is 16.7. The van der Waals surface area contributed by atoms with E-state index in [0.29, 0.717) is 41.7 Å². The molecule has 2 N–H and O–H groups in total. The van der Waals surface area contributed by atoms with E-state index in [1.54, 1.807) is 27.7 Å². The second kappa shape index (κ2) is 6.31. The van der Waals surface area contributed by atoms with Crippen LogP contribution in [0.2, 0.25) is 0 Å². The minimum atomic E-state index is -0.237. The Hall–Kier alpha value is -3.46. The second-order valence-corrected chi connectivity index (χ2v) is 6.90. The summed E-state index contributed by atoms with van der Waals surface area (Å²) in [4.78, 5) is 35.0. The van der Waals surface area contributed by atoms with E-state index in [4.69, 9.17) is 0 Å². The molecule has 3 aromatic heterocycles. The van der Waals surface area contributed by atoms with Crippen molar-refractivity contribution in [3.8, 4) is 0 Å². The number of rotatable bonds is 2. The van der Waals surface area contributed by atoms with Crippen molar-refractivity contribution in [1.82, 2.24) is 34.4 Å². The number of carbonyl (C=O) groups is 1. The number of aromatic amines is 1. The Labute approximate surface area is 159 Å². The second-order valence-electron chi connectivity index (χ2n) is 6.90. The van der Waals surface area contributed by atoms with Crippen molar-refractivity contribution in [2.45, 2.75) is 6.04 Å². The number of aromatic nitrogens is 5. The number of imidazole rings is 1. The average Bonchev–Trinajstić information content (AvgIpc) is 3.34. The minimum absolute atomic E-state index is 0.171. The Balaban J connectivity index is 1.62. The van der Waals surface area contributed by atoms with Crippen LogP contribution in [0.15, 0.2) is 47.7 Å². The van der Waals surface area contributed by atoms with Crippen molar-refractivity contribution in [2.24, 2.45) is 7.05 Å². The number of amides is 1. The van der Waals surface area contributed by atoms with Gasteiger partial charge >= 0.3 is 0 Å². The van der Waals surface area contributed by atoms with Gasteiger partial charge in [0.15, 0.2) is 0 Å². The number of hydrogen-bond donors (Lipinski definition) is 2. The molecule has 5 rings (SSSR count). The van der Waals surface area contributed by atoms with Crippen LogP contribution in [0.1, 0.15) is 22.2 Å². The van der Waals surface area contributed by atoms with Gasteiger partial charge in [0.05, 0.1) is 17.1 Å². The highest BCUT2D eigenvalue weighted by Gasteiger charge is 2.32. The van der Waals surface area contributed by atoms with Gasteiger partial charge < -0.3 is 19.8 Å². The number of aryl methyl sites for hydroxylation is 1. The molecule has 1 unspecified atom stereocenters. The van der Waals surface area contributed by atoms with Crippen LogP contribution in [-0.4, -0.2) is 54.6 Å². The minimum Gasteiger partial charge on any atom is -0.336 e. The number of nitrogens with zero attached hydrogens (tertiary/aromatic N) is 5. The van der Waals surface area contributed by atoms with E-state index in [-0.39, 0.29) is 17.5 Å². The molecular formula is C19H19N7O2. The molecule has 0 aliphatic carbocycles. The lowest BCUT2D eigenvalue weighted by atomic mass is 10.1. The Morgan fingerprint density at radius 3 is 2.96 bits per heavy atom. The summed E-state index contributed by atoms with van der Waals surface area (Å²) >= 11 is 0. The van der Waals surface area contributed by atoms with E-state index >= 15 is 0 Å². The smallest absolute Gasteiger partial charge is 0.259 e. The molecular weight excluding hydrogens is 358 g/mol. The number of benzene rings is 1. The Morgan fingerprint density at radius 1 is 1.29 bits per heavy atom. The molecule has 4 heterocycles. The largest absolute Gasteiger partial charge is 0.336 e. The summed E-state index contributed by atoms with van der Waals surface area (Å²) < 4.78 is 3.53. The number of carbonyl (C=O) groups excluding carboxylic acids is 1. The summed E-state index contributed by atoms with van der Waals surface area (Å²) in [6, 6.07) is 7.02. The van der Waals surface area contributed by atoms with Crippen LogP contribution >= 0.6 is 0 Å². The van der Waals surface area contributed by atoms with Crippen molar-refractivity contribution < 1.29 is 4.79 Å². The fourth-order valence-corrected chi connectivity index (χ4v) is 3.86. The Morgan fingerprint density at radius 2 is 2.14 bits per heavy atom. The van der Waals surface area contributed by atoms with Crippen LogP contribution in [0.25, 0.3) is 16.6 Å². The third-order valence-corrected chi connectivity index (χ3v) is 5.27. The van der Waals surface area contributed by atoms with Crippen molar-refractivity contribution in [3.05, 3.63) is 64.6 Å². The van der Waals surface area contributed by atoms with Crippen LogP contribution in [-0.2, 0) is 7.05 Å². The summed E-state index contributed by atoms with van der Waals surface area (Å²) in [6.07, 6.45) is 5.12. The van der Waals surface area contributed by atoms with Gasteiger partial charge in [-0.25, -0.2) is 9.50 Å². The SMILES string of the molecule is Cn1ccnc1C1CNCCN1C(=O)c1cnn2c1[nH]c(=O)c1ccccc12. The molecule has 0 radical (unpaired) electrons. The molecule has 1 aliphatic heterocycles. The highest BCUT2D eigenvalue weighted by molar-refractivity contribution is 6.00. The lowest BCUT2D eigenvalue weighted by molar-refractivity contribution is 0.0622. The first-order chi connectivity index (χ1) is 13.6. The first-order valence-corrected chi connectivity index (χ1v) is 9.13. The maximum absolute atomic E-state index is 13.4. The van der Waals surface area contributed by atoms with Crippen LogP contribution in [0, 0.1) is 0 Å². The maximum Gasteiger partial charge on any atom is 0.259 e. The monoisotopic (exact) mass is 377 g/mol. The number of fused-ring (bicyclic) bond motifs is 3. The molecule has 0 bridgehead atoms. The molecule has 142 valence electrons. The molecule has 1 saturated heterocycles. The third-order valence-electron chi connectivity index (χ3n) is 5.27. The highest BCUT2D eigenvalue weighted by Crippen LogP contribution is 2.24. The number of piperazine rings is 1. The van der Waals surface area contributed by atoms with E-state index in [0.717, 1.165) is 5.82 Å². The zero-order chi connectivity index (χ0) is 19.3. The first-order valence-electron chi connectivity index (χ1n) is 9.13. The average molecular weight is 377 g/mol. The summed E-state index contributed by atoms with van der Waals surface area (Å²) in [5, 5.41) is 8.23. The molecule has 28 heavy (non-hydrogen) atoms. The van der Waals surface area contributed by atoms with E-state index in [2.05, 4.69) is 20.4 Å². The van der Waals surface area contributed by atoms with Gasteiger partial charge in [-0.15, -0.1) is 0 Å². The van der Waals surface area contributed by atoms with E-state index in [1.807, 2.05) is 29.9 Å². The predicted octanol–water partition coefficient (Wildman–Crippen LogP) is 0.696. The predicted molar refractivity (Wildman–Crippen MR) is 103 cm³/mol. The molecule has 9 heteroatoms. The standard InChI is InChI=1S/C19H19N7O2/c1-24-8-7-21-17(24)15-11-20-6-9-25(15)19(28)13-10-22-26-14-5-3-2-4-12(14)18(27)23-16(13)26/h2-5,7-8,10,15,20H,6,9,11H2,1H3,(H,23,27). The van der Waals surface area contributed by atoms with Gasteiger partial charge in [0, 0.05) is 39.1 Å². The molecule has 1 aliphatic rings. The van der Waals surface area contributed by atoms with Crippen LogP contribution in [0.3, 0.4) is 0 Å². The zero-order valence-corrected chi connectivity index (χ0v) is 15.3. The van der Waals surface area contributed by atoms with E-state index in [9.17, 15) is 9.59 Å². The maximum atomic E-state index is 13.4. The fraction of sp³-hybridized carbons (Fsp3) is 0.263. The summed E-state index contributed by atoms with van der Waals surface area (Å²) in [5.74, 6) is 0.645. The van der Waals surface area contributed by atoms with Crippen molar-refractivity contribution in [3.63, 3.8) is 0 Å². The van der Waals surface area contributed by atoms with E-state index in [1.165, 1.54) is 6.20 Å². The fourth-order valence-electron chi connectivity index (χ4n) is 3.86. The van der Waals surface area contributed by atoms with Gasteiger partial charge in [-0.1, -0.05) is 12.1 Å². The molecule has 1 aromatic carbocycles. The number of H-pyrrole nitrogens is 1. The number of nitrogens with one attached hydrogen (secondary N) is 2. The Kier molecular flexibility index (Phi) is 3.76. The van der Waals surface area contributed by atoms with Crippen molar-refractivity contribution in [2.75, 3.05) is 19.6 Å². The van der Waals surface area contributed by atoms with Gasteiger partial charge in [-0.05, 0) is 12.1 Å². The van der Waals surface area contributed by atoms with Crippen LogP contribution < -0.4 is 10.9 Å². The third kappa shape index (κ3) is 2.43. The van der Waals surface area contributed by atoms with Crippen LogP contribution in [0.5, 0.6) is 0 Å². The highest BCUT2D eigenvalue weighted by atomic mass is 16.2. The van der Waals surface area contributed by atoms with Crippen molar-refractivity contribution in [1.29, 1.82) is 0 Å². The van der Waals surface area contributed by atoms with E-state index < -0.39 is 0 Å².